The van der Waals surface area contributed by atoms with Gasteiger partial charge in [0.05, 0.1) is 17.0 Å². The molecule has 0 radical (unpaired) electrons. The summed E-state index contributed by atoms with van der Waals surface area (Å²) < 4.78 is 34.5. The molecule has 2 heterocycles. The van der Waals surface area contributed by atoms with Crippen LogP contribution in [0.4, 0.5) is 8.78 Å². The second-order valence-electron chi connectivity index (χ2n) is 9.23. The molecule has 0 unspecified atom stereocenters. The number of benzene rings is 2. The highest BCUT2D eigenvalue weighted by Gasteiger charge is 2.14. The van der Waals surface area contributed by atoms with E-state index in [1.807, 2.05) is 6.92 Å². The first-order valence-corrected chi connectivity index (χ1v) is 12.3. The Labute approximate surface area is 224 Å². The first-order chi connectivity index (χ1) is 18.7. The van der Waals surface area contributed by atoms with Gasteiger partial charge in [0.15, 0.2) is 0 Å². The van der Waals surface area contributed by atoms with Gasteiger partial charge in [-0.2, -0.15) is 0 Å². The van der Waals surface area contributed by atoms with Crippen LogP contribution >= 0.6 is 0 Å². The van der Waals surface area contributed by atoms with E-state index >= 15 is 0 Å². The topological polar surface area (TPSA) is 101 Å². The second kappa shape index (κ2) is 12.3. The number of rotatable bonds is 11. The molecule has 2 N–H and O–H groups in total. The number of halogens is 2. The van der Waals surface area contributed by atoms with Gasteiger partial charge in [-0.1, -0.05) is 23.8 Å². The van der Waals surface area contributed by atoms with E-state index in [0.717, 1.165) is 5.56 Å². The van der Waals surface area contributed by atoms with Crippen LogP contribution in [-0.2, 0) is 22.4 Å². The van der Waals surface area contributed by atoms with Crippen LogP contribution in [0.15, 0.2) is 67.0 Å². The number of amides is 1. The van der Waals surface area contributed by atoms with Gasteiger partial charge in [-0.25, -0.2) is 8.78 Å². The fourth-order valence-electron chi connectivity index (χ4n) is 3.95. The molecule has 2 aromatic heterocycles. The molecule has 0 atom stereocenters. The van der Waals surface area contributed by atoms with Gasteiger partial charge in [-0.3, -0.25) is 19.4 Å². The smallest absolute Gasteiger partial charge is 0.252 e. The first kappa shape index (κ1) is 27.4. The van der Waals surface area contributed by atoms with Gasteiger partial charge < -0.3 is 15.0 Å². The number of nitrogens with zero attached hydrogens (tertiary/aromatic N) is 1. The van der Waals surface area contributed by atoms with Crippen LogP contribution in [-0.4, -0.2) is 34.0 Å². The Morgan fingerprint density at radius 1 is 0.923 bits per heavy atom. The molecule has 0 aliphatic rings. The number of ketones is 2. The van der Waals surface area contributed by atoms with Crippen molar-refractivity contribution in [3.05, 3.63) is 101 Å². The maximum Gasteiger partial charge on any atom is 0.252 e. The van der Waals surface area contributed by atoms with E-state index in [4.69, 9.17) is 4.74 Å². The molecule has 0 saturated carbocycles. The Hall–Kier alpha value is -4.66. The molecule has 4 rings (SSSR count). The number of nitrogens with one attached hydrogen (secondary N) is 2. The molecule has 0 spiro atoms. The summed E-state index contributed by atoms with van der Waals surface area (Å²) in [6, 6.07) is 13.6. The zero-order chi connectivity index (χ0) is 27.9. The zero-order valence-electron chi connectivity index (χ0n) is 21.5. The van der Waals surface area contributed by atoms with Crippen molar-refractivity contribution in [2.75, 3.05) is 6.54 Å². The van der Waals surface area contributed by atoms with Gasteiger partial charge in [0.25, 0.3) is 5.91 Å². The number of H-pyrrole nitrogens is 1. The maximum atomic E-state index is 14.8. The van der Waals surface area contributed by atoms with E-state index in [1.165, 1.54) is 37.5 Å². The molecule has 9 heteroatoms. The fraction of sp³-hybridized carbons (Fsp3) is 0.200. The highest BCUT2D eigenvalue weighted by Crippen LogP contribution is 2.27. The molecule has 1 amide bonds. The Bertz CT molecular complexity index is 1530. The fourth-order valence-corrected chi connectivity index (χ4v) is 3.95. The van der Waals surface area contributed by atoms with Crippen molar-refractivity contribution in [2.24, 2.45) is 0 Å². The summed E-state index contributed by atoms with van der Waals surface area (Å²) in [7, 11) is 0. The van der Waals surface area contributed by atoms with Crippen LogP contribution < -0.4 is 10.1 Å². The molecule has 200 valence electrons. The molecular formula is C30H27F2N3O4. The molecule has 0 fully saturated rings. The molecule has 0 bridgehead atoms. The van der Waals surface area contributed by atoms with Gasteiger partial charge in [-0.15, -0.1) is 0 Å². The minimum atomic E-state index is -0.607. The standard InChI is InChI=1S/C30H27F2N3O4/c1-18-3-6-26(31)21(11-18)13-23(37)12-20-4-5-24(15-27(20)32)39-25-8-10-33-29(16-25)28-14-22(17-35-28)30(38)34-9-7-19(2)36/h3-6,8,10-11,14-17,35H,7,9,12-13H2,1-2H3,(H,34,38). The van der Waals surface area contributed by atoms with Crippen LogP contribution in [0.2, 0.25) is 0 Å². The molecule has 0 aliphatic heterocycles. The van der Waals surface area contributed by atoms with Crippen LogP contribution in [0, 0.1) is 18.6 Å². The van der Waals surface area contributed by atoms with E-state index in [2.05, 4.69) is 15.3 Å². The third kappa shape index (κ3) is 7.44. The normalized spacial score (nSPS) is 10.8. The summed E-state index contributed by atoms with van der Waals surface area (Å²) in [5, 5.41) is 2.68. The number of hydrogen-bond donors (Lipinski definition) is 2. The highest BCUT2D eigenvalue weighted by molar-refractivity contribution is 5.95. The number of aromatic amines is 1. The number of pyridine rings is 1. The minimum Gasteiger partial charge on any atom is -0.457 e. The van der Waals surface area contributed by atoms with E-state index in [9.17, 15) is 23.2 Å². The van der Waals surface area contributed by atoms with Crippen LogP contribution in [0.3, 0.4) is 0 Å². The van der Waals surface area contributed by atoms with Crippen molar-refractivity contribution in [2.45, 2.75) is 33.1 Å². The summed E-state index contributed by atoms with van der Waals surface area (Å²) in [4.78, 5) is 43.1. The molecule has 0 aliphatic carbocycles. The van der Waals surface area contributed by atoms with E-state index in [-0.39, 0.29) is 60.2 Å². The number of hydrogen-bond acceptors (Lipinski definition) is 5. The third-order valence-electron chi connectivity index (χ3n) is 5.95. The number of carbonyl (C=O) groups is 3. The van der Waals surface area contributed by atoms with Crippen LogP contribution in [0.25, 0.3) is 11.4 Å². The number of aryl methyl sites for hydroxylation is 1. The lowest BCUT2D eigenvalue weighted by atomic mass is 10.0. The molecule has 39 heavy (non-hydrogen) atoms. The molecule has 4 aromatic rings. The predicted octanol–water partition coefficient (Wildman–Crippen LogP) is 5.52. The second-order valence-corrected chi connectivity index (χ2v) is 9.23. The third-order valence-corrected chi connectivity index (χ3v) is 5.95. The van der Waals surface area contributed by atoms with Gasteiger partial charge >= 0.3 is 0 Å². The largest absolute Gasteiger partial charge is 0.457 e. The highest BCUT2D eigenvalue weighted by atomic mass is 19.1. The van der Waals surface area contributed by atoms with Crippen LogP contribution in [0.5, 0.6) is 11.5 Å². The van der Waals surface area contributed by atoms with Crippen molar-refractivity contribution >= 4 is 17.5 Å². The number of Topliss-reactive ketones (excluding diaryl/α,β-unsaturated/α-hetero) is 2. The zero-order valence-corrected chi connectivity index (χ0v) is 21.5. The number of aromatic nitrogens is 2. The van der Waals surface area contributed by atoms with Crippen molar-refractivity contribution in [3.8, 4) is 22.9 Å². The summed E-state index contributed by atoms with van der Waals surface area (Å²) in [6.45, 7) is 3.53. The van der Waals surface area contributed by atoms with Gasteiger partial charge in [-0.05, 0) is 49.2 Å². The van der Waals surface area contributed by atoms with Crippen molar-refractivity contribution in [1.82, 2.24) is 15.3 Å². The molecule has 7 nitrogen and oxygen atoms in total. The summed E-state index contributed by atoms with van der Waals surface area (Å²) >= 11 is 0. The average molecular weight is 532 g/mol. The van der Waals surface area contributed by atoms with Gasteiger partial charge in [0.2, 0.25) is 0 Å². The van der Waals surface area contributed by atoms with Gasteiger partial charge in [0, 0.05) is 50.3 Å². The van der Waals surface area contributed by atoms with Crippen molar-refractivity contribution in [3.63, 3.8) is 0 Å². The Morgan fingerprint density at radius 2 is 1.69 bits per heavy atom. The quantitative estimate of drug-likeness (QED) is 0.266. The minimum absolute atomic E-state index is 0.0103. The van der Waals surface area contributed by atoms with E-state index < -0.39 is 11.6 Å². The monoisotopic (exact) mass is 531 g/mol. The Kier molecular flexibility index (Phi) is 8.60. The SMILES string of the molecule is CC(=O)CCNC(=O)c1c[nH]c(-c2cc(Oc3ccc(CC(=O)Cc4cc(C)ccc4F)c(F)c3)ccn2)c1. The average Bonchev–Trinajstić information content (AvgIpc) is 3.38. The molecular weight excluding hydrogens is 504 g/mol. The van der Waals surface area contributed by atoms with E-state index in [0.29, 0.717) is 22.7 Å². The lowest BCUT2D eigenvalue weighted by molar-refractivity contribution is -0.118. The Morgan fingerprint density at radius 3 is 2.46 bits per heavy atom. The Balaban J connectivity index is 1.39. The summed E-state index contributed by atoms with van der Waals surface area (Å²) in [5.74, 6) is -1.08. The molecule has 0 saturated heterocycles. The predicted molar refractivity (Wildman–Crippen MR) is 142 cm³/mol. The number of ether oxygens (including phenoxy) is 1. The van der Waals surface area contributed by atoms with Crippen LogP contribution in [0.1, 0.15) is 40.4 Å². The summed E-state index contributed by atoms with van der Waals surface area (Å²) in [6.07, 6.45) is 3.03. The first-order valence-electron chi connectivity index (χ1n) is 12.3. The molecule has 2 aromatic carbocycles. The number of carbonyl (C=O) groups excluding carboxylic acids is 3. The summed E-state index contributed by atoms with van der Waals surface area (Å²) in [5.41, 5.74) is 2.78. The van der Waals surface area contributed by atoms with Gasteiger partial charge in [0.1, 0.15) is 34.7 Å². The lowest BCUT2D eigenvalue weighted by Crippen LogP contribution is -2.25. The van der Waals surface area contributed by atoms with E-state index in [1.54, 1.807) is 36.4 Å². The maximum absolute atomic E-state index is 14.8. The van der Waals surface area contributed by atoms with Crippen molar-refractivity contribution < 1.29 is 27.9 Å². The van der Waals surface area contributed by atoms with Crippen molar-refractivity contribution in [1.29, 1.82) is 0 Å². The lowest BCUT2D eigenvalue weighted by Gasteiger charge is -2.09.